The summed E-state index contributed by atoms with van der Waals surface area (Å²) in [5.41, 5.74) is 1.64. The summed E-state index contributed by atoms with van der Waals surface area (Å²) in [6, 6.07) is 8.10. The summed E-state index contributed by atoms with van der Waals surface area (Å²) < 4.78 is 0.809. The van der Waals surface area contributed by atoms with Crippen molar-refractivity contribution in [3.63, 3.8) is 0 Å². The minimum Gasteiger partial charge on any atom is -0.396 e. The maximum Gasteiger partial charge on any atom is 0.100 e. The summed E-state index contributed by atoms with van der Waals surface area (Å²) in [4.78, 5) is 0. The van der Waals surface area contributed by atoms with Gasteiger partial charge in [-0.25, -0.2) is 0 Å². The van der Waals surface area contributed by atoms with Gasteiger partial charge in [-0.1, -0.05) is 6.42 Å². The first kappa shape index (κ1) is 12.4. The molecule has 2 N–H and O–H groups in total. The van der Waals surface area contributed by atoms with E-state index in [1.807, 2.05) is 12.1 Å². The van der Waals surface area contributed by atoms with Crippen LogP contribution in [0.5, 0.6) is 0 Å². The van der Waals surface area contributed by atoms with Crippen molar-refractivity contribution in [1.29, 1.82) is 5.26 Å². The number of benzene rings is 1. The van der Waals surface area contributed by atoms with E-state index < -0.39 is 0 Å². The monoisotopic (exact) mass is 294 g/mol. The Hall–Kier alpha value is -1.05. The van der Waals surface area contributed by atoms with Gasteiger partial charge in [-0.3, -0.25) is 0 Å². The van der Waals surface area contributed by atoms with Crippen LogP contribution in [0.3, 0.4) is 0 Å². The fourth-order valence-corrected chi connectivity index (χ4v) is 2.82. The van der Waals surface area contributed by atoms with Crippen molar-refractivity contribution in [3.05, 3.63) is 28.2 Å². The van der Waals surface area contributed by atoms with Crippen LogP contribution in [0.1, 0.15) is 24.8 Å². The van der Waals surface area contributed by atoms with Crippen LogP contribution in [0, 0.1) is 17.2 Å². The van der Waals surface area contributed by atoms with Crippen LogP contribution >= 0.6 is 15.9 Å². The number of hydrogen-bond acceptors (Lipinski definition) is 3. The maximum absolute atomic E-state index is 9.26. The highest BCUT2D eigenvalue weighted by atomic mass is 79.9. The molecule has 0 heterocycles. The molecule has 3 nitrogen and oxygen atoms in total. The molecule has 2 unspecified atom stereocenters. The number of halogens is 1. The van der Waals surface area contributed by atoms with Crippen molar-refractivity contribution in [2.75, 3.05) is 11.9 Å². The summed E-state index contributed by atoms with van der Waals surface area (Å²) >= 11 is 3.38. The normalized spacial score (nSPS) is 23.4. The summed E-state index contributed by atoms with van der Waals surface area (Å²) in [6.07, 6.45) is 3.36. The number of rotatable bonds is 3. The van der Waals surface area contributed by atoms with E-state index >= 15 is 0 Å². The second-order valence-electron chi connectivity index (χ2n) is 4.43. The molecule has 1 fully saturated rings. The van der Waals surface area contributed by atoms with Crippen LogP contribution in [0.4, 0.5) is 5.69 Å². The van der Waals surface area contributed by atoms with Crippen molar-refractivity contribution >= 4 is 21.6 Å². The zero-order valence-corrected chi connectivity index (χ0v) is 11.1. The minimum absolute atomic E-state index is 0.245. The number of nitrogens with zero attached hydrogens (tertiary/aromatic N) is 1. The highest BCUT2D eigenvalue weighted by molar-refractivity contribution is 9.10. The lowest BCUT2D eigenvalue weighted by atomic mass is 10.0. The van der Waals surface area contributed by atoms with Gasteiger partial charge in [-0.15, -0.1) is 0 Å². The van der Waals surface area contributed by atoms with E-state index in [2.05, 4.69) is 27.3 Å². The van der Waals surface area contributed by atoms with Gasteiger partial charge in [0.25, 0.3) is 0 Å². The Kier molecular flexibility index (Phi) is 4.03. The predicted molar refractivity (Wildman–Crippen MR) is 70.7 cm³/mol. The van der Waals surface area contributed by atoms with Crippen molar-refractivity contribution in [2.24, 2.45) is 5.92 Å². The molecule has 90 valence electrons. The maximum atomic E-state index is 9.26. The molecule has 4 heteroatoms. The Morgan fingerprint density at radius 3 is 2.94 bits per heavy atom. The lowest BCUT2D eigenvalue weighted by Gasteiger charge is -2.20. The molecule has 0 bridgehead atoms. The predicted octanol–water partition coefficient (Wildman–Crippen LogP) is 2.89. The van der Waals surface area contributed by atoms with Gasteiger partial charge < -0.3 is 10.4 Å². The third-order valence-electron chi connectivity index (χ3n) is 3.34. The zero-order chi connectivity index (χ0) is 12.3. The van der Waals surface area contributed by atoms with E-state index in [-0.39, 0.29) is 6.61 Å². The lowest BCUT2D eigenvalue weighted by Crippen LogP contribution is -2.26. The number of nitrogens with one attached hydrogen (secondary N) is 1. The molecule has 1 saturated carbocycles. The number of anilines is 1. The fraction of sp³-hybridized carbons (Fsp3) is 0.462. The summed E-state index contributed by atoms with van der Waals surface area (Å²) in [7, 11) is 0. The first-order valence-electron chi connectivity index (χ1n) is 5.81. The first-order valence-corrected chi connectivity index (χ1v) is 6.61. The van der Waals surface area contributed by atoms with Crippen LogP contribution in [0.15, 0.2) is 22.7 Å². The van der Waals surface area contributed by atoms with E-state index in [4.69, 9.17) is 5.26 Å². The molecule has 2 atom stereocenters. The van der Waals surface area contributed by atoms with Crippen LogP contribution in [-0.2, 0) is 0 Å². The Morgan fingerprint density at radius 1 is 1.47 bits per heavy atom. The molecular formula is C13H15BrN2O. The second-order valence-corrected chi connectivity index (χ2v) is 5.29. The van der Waals surface area contributed by atoms with Gasteiger partial charge in [-0.05, 0) is 47.0 Å². The molecule has 1 aromatic carbocycles. The zero-order valence-electron chi connectivity index (χ0n) is 9.49. The summed E-state index contributed by atoms with van der Waals surface area (Å²) in [6.45, 7) is 0.245. The highest BCUT2D eigenvalue weighted by Crippen LogP contribution is 2.29. The molecule has 0 aliphatic heterocycles. The van der Waals surface area contributed by atoms with Crippen LogP contribution < -0.4 is 5.32 Å². The molecule has 0 saturated heterocycles. The molecule has 1 aliphatic carbocycles. The van der Waals surface area contributed by atoms with Gasteiger partial charge in [0.2, 0.25) is 0 Å². The Morgan fingerprint density at radius 2 is 2.29 bits per heavy atom. The number of hydrogen-bond donors (Lipinski definition) is 2. The molecule has 0 aromatic heterocycles. The van der Waals surface area contributed by atoms with Gasteiger partial charge in [0.05, 0.1) is 5.56 Å². The molecule has 0 radical (unpaired) electrons. The van der Waals surface area contributed by atoms with E-state index in [0.29, 0.717) is 17.5 Å². The largest absolute Gasteiger partial charge is 0.396 e. The quantitative estimate of drug-likeness (QED) is 0.901. The third-order valence-corrected chi connectivity index (χ3v) is 3.99. The fourth-order valence-electron chi connectivity index (χ4n) is 2.36. The van der Waals surface area contributed by atoms with Crippen LogP contribution in [0.25, 0.3) is 0 Å². The summed E-state index contributed by atoms with van der Waals surface area (Å²) in [5, 5.41) is 21.5. The topological polar surface area (TPSA) is 56.0 Å². The molecule has 0 amide bonds. The van der Waals surface area contributed by atoms with E-state index in [1.54, 1.807) is 6.07 Å². The van der Waals surface area contributed by atoms with Gasteiger partial charge in [0.15, 0.2) is 0 Å². The van der Waals surface area contributed by atoms with Crippen LogP contribution in [0.2, 0.25) is 0 Å². The Bertz CT molecular complexity index is 442. The first-order chi connectivity index (χ1) is 8.24. The molecular weight excluding hydrogens is 280 g/mol. The molecule has 0 spiro atoms. The van der Waals surface area contributed by atoms with Gasteiger partial charge >= 0.3 is 0 Å². The second kappa shape index (κ2) is 5.52. The van der Waals surface area contributed by atoms with Crippen LogP contribution in [-0.4, -0.2) is 17.8 Å². The lowest BCUT2D eigenvalue weighted by molar-refractivity contribution is 0.222. The summed E-state index contributed by atoms with van der Waals surface area (Å²) in [5.74, 6) is 0.351. The minimum atomic E-state index is 0.245. The van der Waals surface area contributed by atoms with E-state index in [9.17, 15) is 5.11 Å². The van der Waals surface area contributed by atoms with E-state index in [1.165, 1.54) is 6.42 Å². The average molecular weight is 295 g/mol. The molecule has 2 rings (SSSR count). The molecule has 1 aromatic rings. The standard InChI is InChI=1S/C13H15BrN2O/c14-12-6-11(5-4-9(12)7-15)16-13-3-1-2-10(13)8-17/h4-6,10,13,16-17H,1-3,8H2. The number of aliphatic hydroxyl groups excluding tert-OH is 1. The van der Waals surface area contributed by atoms with Gasteiger partial charge in [0.1, 0.15) is 6.07 Å². The van der Waals surface area contributed by atoms with Crippen molar-refractivity contribution < 1.29 is 5.11 Å². The smallest absolute Gasteiger partial charge is 0.100 e. The van der Waals surface area contributed by atoms with Crippen molar-refractivity contribution in [1.82, 2.24) is 0 Å². The number of nitriles is 1. The number of aliphatic hydroxyl groups is 1. The third kappa shape index (κ3) is 2.80. The molecule has 1 aliphatic rings. The SMILES string of the molecule is N#Cc1ccc(NC2CCCC2CO)cc1Br. The van der Waals surface area contributed by atoms with Gasteiger partial charge in [-0.2, -0.15) is 5.26 Å². The van der Waals surface area contributed by atoms with Crippen molar-refractivity contribution in [3.8, 4) is 6.07 Å². The Balaban J connectivity index is 2.09. The average Bonchev–Trinajstić information content (AvgIpc) is 2.76. The van der Waals surface area contributed by atoms with E-state index in [0.717, 1.165) is 23.0 Å². The van der Waals surface area contributed by atoms with Crippen molar-refractivity contribution in [2.45, 2.75) is 25.3 Å². The molecule has 17 heavy (non-hydrogen) atoms. The Labute approximate surface area is 110 Å². The van der Waals surface area contributed by atoms with Gasteiger partial charge in [0, 0.05) is 28.7 Å². The highest BCUT2D eigenvalue weighted by Gasteiger charge is 2.26.